The normalized spacial score (nSPS) is 25.0. The molecule has 78 valence electrons. The van der Waals surface area contributed by atoms with Crippen molar-refractivity contribution < 1.29 is 9.90 Å². The summed E-state index contributed by atoms with van der Waals surface area (Å²) in [7, 11) is 0. The first-order chi connectivity index (χ1) is 6.99. The van der Waals surface area contributed by atoms with Crippen LogP contribution in [0.1, 0.15) is 12.5 Å². The van der Waals surface area contributed by atoms with E-state index in [4.69, 9.17) is 11.6 Å². The van der Waals surface area contributed by atoms with Gasteiger partial charge in [-0.3, -0.25) is 4.79 Å². The molecule has 1 atom stereocenters. The number of nitrogens with one attached hydrogen (secondary N) is 1. The van der Waals surface area contributed by atoms with E-state index in [1.54, 1.807) is 31.2 Å². The summed E-state index contributed by atoms with van der Waals surface area (Å²) in [5.74, 6) is -0.287. The van der Waals surface area contributed by atoms with Crippen LogP contribution < -0.4 is 5.32 Å². The van der Waals surface area contributed by atoms with Gasteiger partial charge >= 0.3 is 0 Å². The summed E-state index contributed by atoms with van der Waals surface area (Å²) in [6.07, 6.45) is 1.39. The van der Waals surface area contributed by atoms with E-state index in [0.717, 1.165) is 5.56 Å². The number of carbonyl (C=O) groups is 1. The first-order valence-corrected chi connectivity index (χ1v) is 4.89. The van der Waals surface area contributed by atoms with Crippen molar-refractivity contribution in [3.8, 4) is 0 Å². The van der Waals surface area contributed by atoms with Gasteiger partial charge in [-0.25, -0.2) is 0 Å². The largest absolute Gasteiger partial charge is 0.367 e. The molecule has 1 aliphatic heterocycles. The summed E-state index contributed by atoms with van der Waals surface area (Å²) in [6, 6.07) is 6.97. The Morgan fingerprint density at radius 1 is 1.33 bits per heavy atom. The second-order valence-electron chi connectivity index (χ2n) is 3.63. The van der Waals surface area contributed by atoms with Gasteiger partial charge in [-0.15, -0.1) is 0 Å². The molecule has 1 aliphatic rings. The van der Waals surface area contributed by atoms with Crippen LogP contribution in [0.4, 0.5) is 0 Å². The average molecular weight is 224 g/mol. The Morgan fingerprint density at radius 2 is 1.93 bits per heavy atom. The minimum absolute atomic E-state index is 0.287. The standard InChI is InChI=1S/C11H10ClNO2/c1-11(15)9(6-10(14)13-11)7-2-4-8(12)5-3-7/h2-6,15H,1H3,(H,13,14). The van der Waals surface area contributed by atoms with Crippen LogP contribution in [0.3, 0.4) is 0 Å². The molecule has 15 heavy (non-hydrogen) atoms. The maximum absolute atomic E-state index is 11.1. The number of aliphatic hydroxyl groups is 1. The Labute approximate surface area is 92.4 Å². The fraction of sp³-hybridized carbons (Fsp3) is 0.182. The van der Waals surface area contributed by atoms with Gasteiger partial charge in [0.1, 0.15) is 0 Å². The van der Waals surface area contributed by atoms with Gasteiger partial charge in [0.2, 0.25) is 5.91 Å². The molecule has 1 unspecified atom stereocenters. The molecule has 1 amide bonds. The lowest BCUT2D eigenvalue weighted by atomic mass is 9.99. The summed E-state index contributed by atoms with van der Waals surface area (Å²) in [5.41, 5.74) is 0.0391. The lowest BCUT2D eigenvalue weighted by Gasteiger charge is -2.21. The Bertz CT molecular complexity index is 434. The molecule has 0 bridgehead atoms. The van der Waals surface area contributed by atoms with Gasteiger partial charge in [-0.05, 0) is 24.6 Å². The van der Waals surface area contributed by atoms with Gasteiger partial charge in [0.05, 0.1) is 0 Å². The van der Waals surface area contributed by atoms with Crippen molar-refractivity contribution in [2.24, 2.45) is 0 Å². The number of rotatable bonds is 1. The monoisotopic (exact) mass is 223 g/mol. The second kappa shape index (κ2) is 3.36. The van der Waals surface area contributed by atoms with E-state index in [1.165, 1.54) is 6.08 Å². The Morgan fingerprint density at radius 3 is 2.40 bits per heavy atom. The zero-order valence-corrected chi connectivity index (χ0v) is 8.88. The third-order valence-electron chi connectivity index (χ3n) is 2.32. The van der Waals surface area contributed by atoms with Crippen LogP contribution in [0.5, 0.6) is 0 Å². The Kier molecular flexibility index (Phi) is 2.29. The highest BCUT2D eigenvalue weighted by Gasteiger charge is 2.34. The maximum Gasteiger partial charge on any atom is 0.246 e. The average Bonchev–Trinajstić information content (AvgIpc) is 2.41. The van der Waals surface area contributed by atoms with Gasteiger partial charge < -0.3 is 10.4 Å². The van der Waals surface area contributed by atoms with E-state index in [1.807, 2.05) is 0 Å². The van der Waals surface area contributed by atoms with Crippen LogP contribution in [-0.4, -0.2) is 16.7 Å². The highest BCUT2D eigenvalue weighted by Crippen LogP contribution is 2.29. The predicted molar refractivity (Wildman–Crippen MR) is 58.2 cm³/mol. The maximum atomic E-state index is 11.1. The summed E-state index contributed by atoms with van der Waals surface area (Å²) in [4.78, 5) is 11.1. The van der Waals surface area contributed by atoms with Gasteiger partial charge in [-0.1, -0.05) is 23.7 Å². The molecule has 0 aromatic heterocycles. The lowest BCUT2D eigenvalue weighted by Crippen LogP contribution is -2.40. The van der Waals surface area contributed by atoms with E-state index >= 15 is 0 Å². The summed E-state index contributed by atoms with van der Waals surface area (Å²) in [5, 5.41) is 13.0. The van der Waals surface area contributed by atoms with E-state index < -0.39 is 5.72 Å². The molecular formula is C11H10ClNO2. The predicted octanol–water partition coefficient (Wildman–Crippen LogP) is 1.56. The molecule has 3 nitrogen and oxygen atoms in total. The van der Waals surface area contributed by atoms with Crippen LogP contribution >= 0.6 is 11.6 Å². The minimum Gasteiger partial charge on any atom is -0.367 e. The van der Waals surface area contributed by atoms with Crippen molar-refractivity contribution in [2.75, 3.05) is 0 Å². The minimum atomic E-state index is -1.30. The number of benzene rings is 1. The molecule has 0 aliphatic carbocycles. The van der Waals surface area contributed by atoms with Crippen molar-refractivity contribution in [1.82, 2.24) is 5.32 Å². The number of hydrogen-bond donors (Lipinski definition) is 2. The topological polar surface area (TPSA) is 49.3 Å². The van der Waals surface area contributed by atoms with E-state index in [0.29, 0.717) is 10.6 Å². The molecule has 1 aromatic carbocycles. The number of amides is 1. The molecule has 0 saturated heterocycles. The van der Waals surface area contributed by atoms with Crippen molar-refractivity contribution >= 4 is 23.1 Å². The van der Waals surface area contributed by atoms with Crippen molar-refractivity contribution in [1.29, 1.82) is 0 Å². The molecular weight excluding hydrogens is 214 g/mol. The first kappa shape index (κ1) is 10.2. The van der Waals surface area contributed by atoms with Gasteiger partial charge in [-0.2, -0.15) is 0 Å². The third kappa shape index (κ3) is 1.89. The smallest absolute Gasteiger partial charge is 0.246 e. The third-order valence-corrected chi connectivity index (χ3v) is 2.57. The molecule has 0 fully saturated rings. The zero-order valence-electron chi connectivity index (χ0n) is 8.12. The van der Waals surface area contributed by atoms with Crippen molar-refractivity contribution in [2.45, 2.75) is 12.6 Å². The number of halogens is 1. The molecule has 0 spiro atoms. The van der Waals surface area contributed by atoms with E-state index in [-0.39, 0.29) is 5.91 Å². The number of hydrogen-bond acceptors (Lipinski definition) is 2. The summed E-state index contributed by atoms with van der Waals surface area (Å²) < 4.78 is 0. The second-order valence-corrected chi connectivity index (χ2v) is 4.06. The van der Waals surface area contributed by atoms with Crippen LogP contribution in [0.2, 0.25) is 5.02 Å². The van der Waals surface area contributed by atoms with Crippen molar-refractivity contribution in [3.63, 3.8) is 0 Å². The van der Waals surface area contributed by atoms with E-state index in [2.05, 4.69) is 5.32 Å². The SMILES string of the molecule is CC1(O)NC(=O)C=C1c1ccc(Cl)cc1. The summed E-state index contributed by atoms with van der Waals surface area (Å²) >= 11 is 5.75. The molecule has 2 N–H and O–H groups in total. The molecule has 1 heterocycles. The van der Waals surface area contributed by atoms with E-state index in [9.17, 15) is 9.90 Å². The molecule has 4 heteroatoms. The summed E-state index contributed by atoms with van der Waals surface area (Å²) in [6.45, 7) is 1.54. The highest BCUT2D eigenvalue weighted by atomic mass is 35.5. The van der Waals surface area contributed by atoms with Crippen LogP contribution in [0, 0.1) is 0 Å². The van der Waals surface area contributed by atoms with Gasteiger partial charge in [0.15, 0.2) is 5.72 Å². The molecule has 0 saturated carbocycles. The molecule has 1 aromatic rings. The Balaban J connectivity index is 2.43. The molecule has 0 radical (unpaired) electrons. The van der Waals surface area contributed by atoms with Crippen LogP contribution in [0.15, 0.2) is 30.3 Å². The zero-order chi connectivity index (χ0) is 11.1. The van der Waals surface area contributed by atoms with Crippen LogP contribution in [0.25, 0.3) is 5.57 Å². The number of carbonyl (C=O) groups excluding carboxylic acids is 1. The quantitative estimate of drug-likeness (QED) is 0.759. The van der Waals surface area contributed by atoms with Gasteiger partial charge in [0.25, 0.3) is 0 Å². The highest BCUT2D eigenvalue weighted by molar-refractivity contribution is 6.30. The van der Waals surface area contributed by atoms with Crippen molar-refractivity contribution in [3.05, 3.63) is 40.9 Å². The Hall–Kier alpha value is -1.32. The first-order valence-electron chi connectivity index (χ1n) is 4.52. The molecule has 2 rings (SSSR count). The lowest BCUT2D eigenvalue weighted by molar-refractivity contribution is -0.119. The fourth-order valence-corrected chi connectivity index (χ4v) is 1.73. The fourth-order valence-electron chi connectivity index (χ4n) is 1.61. The van der Waals surface area contributed by atoms with Gasteiger partial charge in [0, 0.05) is 16.7 Å². The van der Waals surface area contributed by atoms with Crippen LogP contribution in [-0.2, 0) is 4.79 Å².